The fraction of sp³-hybridized carbons (Fsp3) is 0.700. The van der Waals surface area contributed by atoms with Crippen molar-refractivity contribution in [2.45, 2.75) is 33.6 Å². The Morgan fingerprint density at radius 1 is 1.46 bits per heavy atom. The summed E-state index contributed by atoms with van der Waals surface area (Å²) in [5.41, 5.74) is 0.449. The van der Waals surface area contributed by atoms with Crippen molar-refractivity contribution < 1.29 is 0 Å². The monoisotopic (exact) mass is 198 g/mol. The van der Waals surface area contributed by atoms with Gasteiger partial charge in [-0.25, -0.2) is 4.98 Å². The molecule has 0 spiro atoms. The van der Waals surface area contributed by atoms with Crippen molar-refractivity contribution >= 4 is 16.5 Å². The third-order valence-electron chi connectivity index (χ3n) is 1.81. The molecule has 1 aromatic heterocycles. The van der Waals surface area contributed by atoms with E-state index in [1.807, 2.05) is 11.6 Å². The number of thiazole rings is 1. The number of hydrogen-bond acceptors (Lipinski definition) is 3. The van der Waals surface area contributed by atoms with Crippen molar-refractivity contribution in [1.82, 2.24) is 4.98 Å². The van der Waals surface area contributed by atoms with Crippen molar-refractivity contribution in [2.75, 3.05) is 11.9 Å². The summed E-state index contributed by atoms with van der Waals surface area (Å²) in [5, 5.41) is 6.33. The summed E-state index contributed by atoms with van der Waals surface area (Å²) in [7, 11) is 0. The lowest BCUT2D eigenvalue weighted by atomic mass is 9.91. The highest BCUT2D eigenvalue weighted by molar-refractivity contribution is 7.13. The first-order valence-corrected chi connectivity index (χ1v) is 5.59. The quantitative estimate of drug-likeness (QED) is 0.750. The summed E-state index contributed by atoms with van der Waals surface area (Å²) in [6.45, 7) is 7.86. The van der Waals surface area contributed by atoms with E-state index in [1.165, 1.54) is 12.8 Å². The molecule has 0 amide bonds. The van der Waals surface area contributed by atoms with E-state index in [4.69, 9.17) is 0 Å². The van der Waals surface area contributed by atoms with Crippen molar-refractivity contribution in [3.05, 3.63) is 11.6 Å². The molecule has 0 aliphatic carbocycles. The fourth-order valence-corrected chi connectivity index (χ4v) is 1.68. The van der Waals surface area contributed by atoms with E-state index in [0.29, 0.717) is 5.41 Å². The minimum atomic E-state index is 0.449. The summed E-state index contributed by atoms with van der Waals surface area (Å²) in [4.78, 5) is 4.16. The largest absolute Gasteiger partial charge is 0.362 e. The Labute approximate surface area is 84.4 Å². The molecule has 0 saturated carbocycles. The maximum atomic E-state index is 4.16. The van der Waals surface area contributed by atoms with Gasteiger partial charge in [0.25, 0.3) is 0 Å². The van der Waals surface area contributed by atoms with Crippen molar-refractivity contribution in [3.63, 3.8) is 0 Å². The van der Waals surface area contributed by atoms with Crippen LogP contribution in [0.2, 0.25) is 0 Å². The van der Waals surface area contributed by atoms with Crippen LogP contribution in [-0.4, -0.2) is 11.5 Å². The highest BCUT2D eigenvalue weighted by Gasteiger charge is 2.08. The molecule has 0 aliphatic rings. The molecule has 0 aliphatic heterocycles. The Morgan fingerprint density at radius 2 is 2.23 bits per heavy atom. The molecule has 1 N–H and O–H groups in total. The topological polar surface area (TPSA) is 24.9 Å². The van der Waals surface area contributed by atoms with Gasteiger partial charge in [0.15, 0.2) is 5.13 Å². The van der Waals surface area contributed by atoms with Crippen LogP contribution in [0.1, 0.15) is 33.6 Å². The van der Waals surface area contributed by atoms with Gasteiger partial charge in [-0.05, 0) is 18.3 Å². The Hall–Kier alpha value is -0.570. The van der Waals surface area contributed by atoms with Gasteiger partial charge < -0.3 is 5.32 Å². The molecule has 0 radical (unpaired) electrons. The van der Waals surface area contributed by atoms with E-state index in [1.54, 1.807) is 11.3 Å². The van der Waals surface area contributed by atoms with E-state index in [9.17, 15) is 0 Å². The maximum absolute atomic E-state index is 4.16. The van der Waals surface area contributed by atoms with Gasteiger partial charge in [-0.3, -0.25) is 0 Å². The highest BCUT2D eigenvalue weighted by Crippen LogP contribution is 2.20. The number of rotatable bonds is 4. The summed E-state index contributed by atoms with van der Waals surface area (Å²) in [5.74, 6) is 0. The number of nitrogens with zero attached hydrogens (tertiary/aromatic N) is 1. The molecular weight excluding hydrogens is 180 g/mol. The van der Waals surface area contributed by atoms with Gasteiger partial charge in [0, 0.05) is 18.1 Å². The minimum Gasteiger partial charge on any atom is -0.362 e. The number of hydrogen-bond donors (Lipinski definition) is 1. The predicted molar refractivity (Wildman–Crippen MR) is 59.3 cm³/mol. The third kappa shape index (κ3) is 4.88. The van der Waals surface area contributed by atoms with Gasteiger partial charge in [0.05, 0.1) is 0 Å². The SMILES string of the molecule is CC(C)(C)CCCNc1nccs1. The second-order valence-electron chi connectivity index (χ2n) is 4.43. The molecule has 0 bridgehead atoms. The summed E-state index contributed by atoms with van der Waals surface area (Å²) < 4.78 is 0. The third-order valence-corrected chi connectivity index (χ3v) is 2.54. The summed E-state index contributed by atoms with van der Waals surface area (Å²) in [6.07, 6.45) is 4.30. The van der Waals surface area contributed by atoms with E-state index >= 15 is 0 Å². The molecule has 0 fully saturated rings. The molecule has 3 heteroatoms. The standard InChI is InChI=1S/C10H18N2S/c1-10(2,3)5-4-6-11-9-12-7-8-13-9/h7-8H,4-6H2,1-3H3,(H,11,12). The van der Waals surface area contributed by atoms with Gasteiger partial charge in [-0.1, -0.05) is 20.8 Å². The first-order valence-electron chi connectivity index (χ1n) is 4.71. The van der Waals surface area contributed by atoms with Crippen LogP contribution in [0.4, 0.5) is 5.13 Å². The smallest absolute Gasteiger partial charge is 0.182 e. The molecule has 74 valence electrons. The van der Waals surface area contributed by atoms with Crippen LogP contribution in [0.5, 0.6) is 0 Å². The Balaban J connectivity index is 2.09. The second kappa shape index (κ2) is 4.61. The zero-order valence-corrected chi connectivity index (χ0v) is 9.45. The molecule has 0 saturated heterocycles. The first kappa shape index (κ1) is 10.5. The lowest BCUT2D eigenvalue weighted by Gasteiger charge is -2.17. The first-order chi connectivity index (χ1) is 6.08. The zero-order valence-electron chi connectivity index (χ0n) is 8.63. The zero-order chi connectivity index (χ0) is 9.73. The van der Waals surface area contributed by atoms with Crippen LogP contribution < -0.4 is 5.32 Å². The summed E-state index contributed by atoms with van der Waals surface area (Å²) in [6, 6.07) is 0. The highest BCUT2D eigenvalue weighted by atomic mass is 32.1. The second-order valence-corrected chi connectivity index (χ2v) is 5.32. The lowest BCUT2D eigenvalue weighted by Crippen LogP contribution is -2.09. The van der Waals surface area contributed by atoms with Gasteiger partial charge in [0.2, 0.25) is 0 Å². The molecule has 0 aromatic carbocycles. The molecule has 2 nitrogen and oxygen atoms in total. The summed E-state index contributed by atoms with van der Waals surface area (Å²) >= 11 is 1.66. The Kier molecular flexibility index (Phi) is 3.72. The van der Waals surface area contributed by atoms with E-state index in [2.05, 4.69) is 31.1 Å². The molecule has 1 rings (SSSR count). The average molecular weight is 198 g/mol. The van der Waals surface area contributed by atoms with E-state index in [0.717, 1.165) is 11.7 Å². The average Bonchev–Trinajstić information content (AvgIpc) is 2.48. The van der Waals surface area contributed by atoms with Crippen LogP contribution in [-0.2, 0) is 0 Å². The molecule has 0 atom stereocenters. The van der Waals surface area contributed by atoms with Crippen LogP contribution in [0.25, 0.3) is 0 Å². The van der Waals surface area contributed by atoms with Gasteiger partial charge in [-0.2, -0.15) is 0 Å². The van der Waals surface area contributed by atoms with E-state index in [-0.39, 0.29) is 0 Å². The fourth-order valence-electron chi connectivity index (χ4n) is 1.12. The number of nitrogens with one attached hydrogen (secondary N) is 1. The van der Waals surface area contributed by atoms with Crippen molar-refractivity contribution in [2.24, 2.45) is 5.41 Å². The van der Waals surface area contributed by atoms with Gasteiger partial charge >= 0.3 is 0 Å². The van der Waals surface area contributed by atoms with Crippen LogP contribution in [0, 0.1) is 5.41 Å². The van der Waals surface area contributed by atoms with Crippen molar-refractivity contribution in [3.8, 4) is 0 Å². The molecular formula is C10H18N2S. The van der Waals surface area contributed by atoms with Gasteiger partial charge in [-0.15, -0.1) is 11.3 Å². The van der Waals surface area contributed by atoms with E-state index < -0.39 is 0 Å². The van der Waals surface area contributed by atoms with Gasteiger partial charge in [0.1, 0.15) is 0 Å². The van der Waals surface area contributed by atoms with Crippen LogP contribution in [0.15, 0.2) is 11.6 Å². The molecule has 0 unspecified atom stereocenters. The Bertz CT molecular complexity index is 224. The van der Waals surface area contributed by atoms with Crippen molar-refractivity contribution in [1.29, 1.82) is 0 Å². The number of anilines is 1. The lowest BCUT2D eigenvalue weighted by molar-refractivity contribution is 0.370. The van der Waals surface area contributed by atoms with Crippen LogP contribution in [0.3, 0.4) is 0 Å². The molecule has 13 heavy (non-hydrogen) atoms. The Morgan fingerprint density at radius 3 is 2.77 bits per heavy atom. The maximum Gasteiger partial charge on any atom is 0.182 e. The number of aromatic nitrogens is 1. The minimum absolute atomic E-state index is 0.449. The normalized spacial score (nSPS) is 11.6. The molecule has 1 heterocycles. The molecule has 1 aromatic rings. The predicted octanol–water partition coefficient (Wildman–Crippen LogP) is 3.38. The van der Waals surface area contributed by atoms with Crippen LogP contribution >= 0.6 is 11.3 Å².